The molecule has 7 heteroatoms. The summed E-state index contributed by atoms with van der Waals surface area (Å²) in [6.07, 6.45) is 1.35. The second-order valence-electron chi connectivity index (χ2n) is 3.54. The van der Waals surface area contributed by atoms with E-state index in [1.54, 1.807) is 0 Å². The molecule has 0 unspecified atom stereocenters. The number of rotatable bonds is 3. The fourth-order valence-corrected chi connectivity index (χ4v) is 1.35. The first-order chi connectivity index (χ1) is 9.10. The first kappa shape index (κ1) is 12.7. The zero-order valence-corrected chi connectivity index (χ0v) is 9.55. The molecular formula is C12H9F2N3O2. The predicted octanol–water partition coefficient (Wildman–Crippen LogP) is 2.25. The molecule has 2 rings (SSSR count). The molecule has 1 aromatic heterocycles. The average Bonchev–Trinajstić information content (AvgIpc) is 2.41. The fourth-order valence-electron chi connectivity index (χ4n) is 1.35. The maximum atomic E-state index is 13.4. The van der Waals surface area contributed by atoms with Crippen molar-refractivity contribution in [1.82, 2.24) is 4.98 Å². The smallest absolute Gasteiger partial charge is 0.188 e. The Bertz CT molecular complexity index is 632. The number of aromatic nitrogens is 1. The number of oxime groups is 1. The first-order valence-electron chi connectivity index (χ1n) is 5.17. The predicted molar refractivity (Wildman–Crippen MR) is 63.2 cm³/mol. The summed E-state index contributed by atoms with van der Waals surface area (Å²) in [5, 5.41) is 11.3. The summed E-state index contributed by atoms with van der Waals surface area (Å²) in [6, 6.07) is 5.76. The minimum atomic E-state index is -0.831. The van der Waals surface area contributed by atoms with Crippen molar-refractivity contribution in [2.75, 3.05) is 0 Å². The van der Waals surface area contributed by atoms with Crippen molar-refractivity contribution in [3.63, 3.8) is 0 Å². The van der Waals surface area contributed by atoms with Crippen LogP contribution in [0.15, 0.2) is 41.7 Å². The maximum absolute atomic E-state index is 13.4. The van der Waals surface area contributed by atoms with E-state index in [2.05, 4.69) is 10.1 Å². The van der Waals surface area contributed by atoms with Crippen LogP contribution in [-0.2, 0) is 0 Å². The van der Waals surface area contributed by atoms with Gasteiger partial charge in [0.15, 0.2) is 17.4 Å². The topological polar surface area (TPSA) is 80.7 Å². The molecule has 0 aliphatic carbocycles. The van der Waals surface area contributed by atoms with Gasteiger partial charge in [-0.3, -0.25) is 4.98 Å². The molecule has 0 amide bonds. The summed E-state index contributed by atoms with van der Waals surface area (Å²) in [5.74, 6) is -1.65. The van der Waals surface area contributed by atoms with E-state index in [9.17, 15) is 8.78 Å². The second-order valence-corrected chi connectivity index (χ2v) is 3.54. The van der Waals surface area contributed by atoms with Gasteiger partial charge in [0.2, 0.25) is 0 Å². The lowest BCUT2D eigenvalue weighted by Gasteiger charge is -2.07. The van der Waals surface area contributed by atoms with Crippen LogP contribution >= 0.6 is 0 Å². The van der Waals surface area contributed by atoms with Gasteiger partial charge in [-0.25, -0.2) is 8.78 Å². The molecule has 0 bridgehead atoms. The van der Waals surface area contributed by atoms with Gasteiger partial charge >= 0.3 is 0 Å². The van der Waals surface area contributed by atoms with Crippen LogP contribution in [0.1, 0.15) is 5.69 Å². The van der Waals surface area contributed by atoms with Crippen molar-refractivity contribution >= 4 is 5.84 Å². The minimum Gasteiger partial charge on any atom is -0.454 e. The lowest BCUT2D eigenvalue weighted by Crippen LogP contribution is -2.14. The number of pyridine rings is 1. The van der Waals surface area contributed by atoms with E-state index in [1.807, 2.05) is 0 Å². The van der Waals surface area contributed by atoms with Crippen molar-refractivity contribution in [3.05, 3.63) is 53.9 Å². The molecule has 3 N–H and O–H groups in total. The lowest BCUT2D eigenvalue weighted by molar-refractivity contribution is 0.318. The Morgan fingerprint density at radius 1 is 1.26 bits per heavy atom. The summed E-state index contributed by atoms with van der Waals surface area (Å²) in [6.45, 7) is 0. The third-order valence-corrected chi connectivity index (χ3v) is 2.22. The van der Waals surface area contributed by atoms with Crippen LogP contribution < -0.4 is 10.5 Å². The van der Waals surface area contributed by atoms with E-state index in [-0.39, 0.29) is 23.0 Å². The first-order valence-corrected chi connectivity index (χ1v) is 5.17. The van der Waals surface area contributed by atoms with Gasteiger partial charge in [0, 0.05) is 18.3 Å². The Morgan fingerprint density at radius 2 is 2.05 bits per heavy atom. The summed E-state index contributed by atoms with van der Waals surface area (Å²) >= 11 is 0. The van der Waals surface area contributed by atoms with E-state index in [1.165, 1.54) is 18.3 Å². The Kier molecular flexibility index (Phi) is 3.56. The van der Waals surface area contributed by atoms with Crippen molar-refractivity contribution in [3.8, 4) is 11.5 Å². The molecule has 0 spiro atoms. The molecule has 0 aliphatic heterocycles. The van der Waals surface area contributed by atoms with Crippen LogP contribution in [0.2, 0.25) is 0 Å². The van der Waals surface area contributed by atoms with Gasteiger partial charge in [0.05, 0.1) is 0 Å². The number of amidine groups is 1. The molecule has 1 heterocycles. The SMILES string of the molecule is NC(=NO)c1cc(Oc2ccc(F)cc2F)ccn1. The highest BCUT2D eigenvalue weighted by Gasteiger charge is 2.08. The number of halogens is 2. The number of nitrogens with two attached hydrogens (primary N) is 1. The van der Waals surface area contributed by atoms with Gasteiger partial charge in [-0.15, -0.1) is 0 Å². The van der Waals surface area contributed by atoms with Crippen LogP contribution in [0.5, 0.6) is 11.5 Å². The van der Waals surface area contributed by atoms with Crippen molar-refractivity contribution < 1.29 is 18.7 Å². The van der Waals surface area contributed by atoms with Crippen LogP contribution in [0.3, 0.4) is 0 Å². The molecule has 5 nitrogen and oxygen atoms in total. The van der Waals surface area contributed by atoms with Crippen LogP contribution in [-0.4, -0.2) is 16.0 Å². The number of hydrogen-bond donors (Lipinski definition) is 2. The quantitative estimate of drug-likeness (QED) is 0.386. The maximum Gasteiger partial charge on any atom is 0.188 e. The van der Waals surface area contributed by atoms with Crippen LogP contribution in [0.4, 0.5) is 8.78 Å². The van der Waals surface area contributed by atoms with Crippen molar-refractivity contribution in [2.24, 2.45) is 10.9 Å². The normalized spacial score (nSPS) is 11.4. The number of benzene rings is 1. The standard InChI is InChI=1S/C12H9F2N3O2/c13-7-1-2-11(9(14)5-7)19-8-3-4-16-10(6-8)12(15)17-18/h1-6,18H,(H2,15,17). The Labute approximate surface area is 107 Å². The minimum absolute atomic E-state index is 0.141. The van der Waals surface area contributed by atoms with Gasteiger partial charge in [-0.05, 0) is 18.2 Å². The summed E-state index contributed by atoms with van der Waals surface area (Å²) < 4.78 is 31.4. The van der Waals surface area contributed by atoms with E-state index in [0.717, 1.165) is 12.1 Å². The van der Waals surface area contributed by atoms with E-state index in [0.29, 0.717) is 6.07 Å². The summed E-state index contributed by atoms with van der Waals surface area (Å²) in [4.78, 5) is 3.84. The van der Waals surface area contributed by atoms with Crippen molar-refractivity contribution in [2.45, 2.75) is 0 Å². The highest BCUT2D eigenvalue weighted by atomic mass is 19.1. The summed E-state index contributed by atoms with van der Waals surface area (Å²) in [5.41, 5.74) is 5.53. The Morgan fingerprint density at radius 3 is 2.74 bits per heavy atom. The van der Waals surface area contributed by atoms with E-state index >= 15 is 0 Å². The van der Waals surface area contributed by atoms with E-state index < -0.39 is 11.6 Å². The Hall–Kier alpha value is -2.70. The van der Waals surface area contributed by atoms with Gasteiger partial charge in [0.25, 0.3) is 0 Å². The molecule has 0 saturated heterocycles. The third kappa shape index (κ3) is 2.95. The van der Waals surface area contributed by atoms with Gasteiger partial charge in [-0.2, -0.15) is 0 Å². The van der Waals surface area contributed by atoms with Gasteiger partial charge < -0.3 is 15.7 Å². The van der Waals surface area contributed by atoms with E-state index in [4.69, 9.17) is 15.7 Å². The fraction of sp³-hybridized carbons (Fsp3) is 0. The average molecular weight is 265 g/mol. The lowest BCUT2D eigenvalue weighted by atomic mass is 10.3. The highest BCUT2D eigenvalue weighted by Crippen LogP contribution is 2.24. The van der Waals surface area contributed by atoms with Gasteiger partial charge in [0.1, 0.15) is 17.3 Å². The molecule has 0 aliphatic rings. The molecule has 19 heavy (non-hydrogen) atoms. The van der Waals surface area contributed by atoms with Gasteiger partial charge in [-0.1, -0.05) is 5.16 Å². The van der Waals surface area contributed by atoms with Crippen molar-refractivity contribution in [1.29, 1.82) is 0 Å². The highest BCUT2D eigenvalue weighted by molar-refractivity contribution is 5.95. The molecule has 0 atom stereocenters. The molecule has 2 aromatic rings. The van der Waals surface area contributed by atoms with Crippen LogP contribution in [0, 0.1) is 11.6 Å². The molecule has 98 valence electrons. The Balaban J connectivity index is 2.28. The zero-order valence-electron chi connectivity index (χ0n) is 9.55. The molecular weight excluding hydrogens is 256 g/mol. The molecule has 0 saturated carbocycles. The largest absolute Gasteiger partial charge is 0.454 e. The number of ether oxygens (including phenoxy) is 1. The van der Waals surface area contributed by atoms with Crippen LogP contribution in [0.25, 0.3) is 0 Å². The summed E-state index contributed by atoms with van der Waals surface area (Å²) in [7, 11) is 0. The molecule has 1 aromatic carbocycles. The number of hydrogen-bond acceptors (Lipinski definition) is 4. The molecule has 0 radical (unpaired) electrons. The molecule has 0 fully saturated rings. The second kappa shape index (κ2) is 5.30. The third-order valence-electron chi connectivity index (χ3n) is 2.22. The zero-order chi connectivity index (χ0) is 13.8. The monoisotopic (exact) mass is 265 g/mol. The number of nitrogens with zero attached hydrogens (tertiary/aromatic N) is 2.